The summed E-state index contributed by atoms with van der Waals surface area (Å²) >= 11 is 0. The van der Waals surface area contributed by atoms with E-state index in [4.69, 9.17) is 0 Å². The van der Waals surface area contributed by atoms with Gasteiger partial charge >= 0.3 is 6.18 Å². The highest BCUT2D eigenvalue weighted by Gasteiger charge is 2.37. The number of halogens is 3. The predicted molar refractivity (Wildman–Crippen MR) is 108 cm³/mol. The van der Waals surface area contributed by atoms with Crippen molar-refractivity contribution in [1.82, 2.24) is 19.7 Å². The molecule has 1 aliphatic rings. The smallest absolute Gasteiger partial charge is 0.393 e. The minimum absolute atomic E-state index is 0.0184. The second-order valence-electron chi connectivity index (χ2n) is 8.01. The first-order valence-electron chi connectivity index (χ1n) is 9.63. The summed E-state index contributed by atoms with van der Waals surface area (Å²) in [5.74, 6) is -0.356. The number of aromatic nitrogens is 4. The monoisotopic (exact) mass is 431 g/mol. The van der Waals surface area contributed by atoms with Gasteiger partial charge in [0.2, 0.25) is 5.95 Å². The Morgan fingerprint density at radius 1 is 1.23 bits per heavy atom. The largest absolute Gasteiger partial charge is 0.421 e. The first-order chi connectivity index (χ1) is 14.6. The number of nitrogens with zero attached hydrogens (tertiary/aromatic N) is 5. The molecule has 0 amide bonds. The zero-order valence-electron chi connectivity index (χ0n) is 16.8. The molecule has 3 aromatic rings. The minimum atomic E-state index is -4.62. The third kappa shape index (κ3) is 3.98. The van der Waals surface area contributed by atoms with Crippen LogP contribution in [0.5, 0.6) is 0 Å². The number of aliphatic hydroxyl groups excluding tert-OH is 1. The van der Waals surface area contributed by atoms with Crippen molar-refractivity contribution in [3.8, 4) is 6.07 Å². The molecule has 8 nitrogen and oxygen atoms in total. The maximum atomic E-state index is 13.4. The van der Waals surface area contributed by atoms with E-state index in [1.54, 1.807) is 42.9 Å². The van der Waals surface area contributed by atoms with E-state index in [-0.39, 0.29) is 17.8 Å². The van der Waals surface area contributed by atoms with Gasteiger partial charge in [-0.15, -0.1) is 0 Å². The summed E-state index contributed by atoms with van der Waals surface area (Å²) in [5, 5.41) is 29.5. The minimum Gasteiger partial charge on any atom is -0.393 e. The van der Waals surface area contributed by atoms with Crippen LogP contribution in [0.4, 0.5) is 30.6 Å². The van der Waals surface area contributed by atoms with Crippen LogP contribution in [0.25, 0.3) is 10.9 Å². The topological polar surface area (TPSA) is 112 Å². The van der Waals surface area contributed by atoms with Crippen molar-refractivity contribution in [2.45, 2.75) is 50.6 Å². The highest BCUT2D eigenvalue weighted by molar-refractivity contribution is 5.93. The molecule has 0 bridgehead atoms. The lowest BCUT2D eigenvalue weighted by Crippen LogP contribution is -2.39. The molecule has 2 aromatic heterocycles. The highest BCUT2D eigenvalue weighted by Crippen LogP contribution is 2.36. The Balaban J connectivity index is 1.68. The number of nitrogens with one attached hydrogen (secondary N) is 2. The molecule has 4 rings (SSSR count). The molecular weight excluding hydrogens is 411 g/mol. The van der Waals surface area contributed by atoms with Gasteiger partial charge in [-0.3, -0.25) is 0 Å². The fourth-order valence-electron chi connectivity index (χ4n) is 3.43. The molecule has 1 aromatic carbocycles. The van der Waals surface area contributed by atoms with Gasteiger partial charge in [-0.1, -0.05) is 6.07 Å². The van der Waals surface area contributed by atoms with Crippen LogP contribution in [0, 0.1) is 11.3 Å². The molecule has 162 valence electrons. The number of hydrogen-bond donors (Lipinski definition) is 3. The zero-order valence-corrected chi connectivity index (χ0v) is 16.8. The van der Waals surface area contributed by atoms with Crippen molar-refractivity contribution < 1.29 is 18.3 Å². The van der Waals surface area contributed by atoms with Crippen LogP contribution in [-0.2, 0) is 11.7 Å². The molecule has 1 fully saturated rings. The summed E-state index contributed by atoms with van der Waals surface area (Å²) in [5.41, 5.74) is -0.621. The summed E-state index contributed by atoms with van der Waals surface area (Å²) in [6.07, 6.45) is -2.11. The summed E-state index contributed by atoms with van der Waals surface area (Å²) in [4.78, 5) is 7.88. The summed E-state index contributed by atoms with van der Waals surface area (Å²) in [6, 6.07) is 7.18. The van der Waals surface area contributed by atoms with Gasteiger partial charge in [-0.05, 0) is 38.8 Å². The maximum Gasteiger partial charge on any atom is 0.421 e. The van der Waals surface area contributed by atoms with E-state index < -0.39 is 23.4 Å². The van der Waals surface area contributed by atoms with E-state index in [0.717, 1.165) is 6.20 Å². The Morgan fingerprint density at radius 2 is 1.97 bits per heavy atom. The molecule has 0 saturated heterocycles. The van der Waals surface area contributed by atoms with Gasteiger partial charge in [0.15, 0.2) is 0 Å². The third-order valence-corrected chi connectivity index (χ3v) is 5.21. The molecular formula is C20H20F3N7O. The molecule has 1 saturated carbocycles. The second-order valence-corrected chi connectivity index (χ2v) is 8.01. The van der Waals surface area contributed by atoms with Gasteiger partial charge in [0.25, 0.3) is 0 Å². The number of fused-ring (bicyclic) bond motifs is 1. The van der Waals surface area contributed by atoms with Gasteiger partial charge in [0.05, 0.1) is 29.6 Å². The maximum absolute atomic E-state index is 13.4. The standard InChI is InChI=1S/C20H20F3N7O/c1-19(2,10-24)30-16-5-3-4-15(13(16)8-26-30)28-18-25-9-14(20(21,22)23)17(29-18)27-11-6-12(31)7-11/h3-5,8-9,11-12,31H,6-7H2,1-2H3,(H2,25,27,28,29). The molecule has 0 unspecified atom stereocenters. The van der Waals surface area contributed by atoms with E-state index in [1.165, 1.54) is 0 Å². The predicted octanol–water partition coefficient (Wildman–Crippen LogP) is 3.78. The lowest BCUT2D eigenvalue weighted by Gasteiger charge is -2.33. The summed E-state index contributed by atoms with van der Waals surface area (Å²) in [7, 11) is 0. The molecule has 31 heavy (non-hydrogen) atoms. The first kappa shape index (κ1) is 20.9. The van der Waals surface area contributed by atoms with Gasteiger partial charge in [-0.2, -0.15) is 28.5 Å². The Bertz CT molecular complexity index is 1160. The lowest BCUT2D eigenvalue weighted by molar-refractivity contribution is -0.137. The number of nitriles is 1. The Kier molecular flexibility index (Phi) is 4.97. The van der Waals surface area contributed by atoms with Crippen LogP contribution < -0.4 is 10.6 Å². The van der Waals surface area contributed by atoms with Crippen molar-refractivity contribution in [1.29, 1.82) is 5.26 Å². The van der Waals surface area contributed by atoms with E-state index in [0.29, 0.717) is 29.4 Å². The number of alkyl halides is 3. The van der Waals surface area contributed by atoms with Crippen molar-refractivity contribution >= 4 is 28.4 Å². The Hall–Kier alpha value is -3.39. The zero-order chi connectivity index (χ0) is 22.4. The molecule has 2 heterocycles. The van der Waals surface area contributed by atoms with Gasteiger partial charge in [0, 0.05) is 17.6 Å². The summed E-state index contributed by atoms with van der Waals surface area (Å²) < 4.78 is 41.7. The molecule has 1 aliphatic carbocycles. The number of aliphatic hydroxyl groups is 1. The number of benzene rings is 1. The van der Waals surface area contributed by atoms with E-state index in [1.807, 2.05) is 0 Å². The Labute approximate surface area is 175 Å². The third-order valence-electron chi connectivity index (χ3n) is 5.21. The SMILES string of the molecule is CC(C)(C#N)n1ncc2c(Nc3ncc(C(F)(F)F)c(NC4CC(O)C4)n3)cccc21. The molecule has 0 spiro atoms. The number of hydrogen-bond acceptors (Lipinski definition) is 7. The van der Waals surface area contributed by atoms with E-state index in [2.05, 4.69) is 31.8 Å². The average Bonchev–Trinajstić information content (AvgIpc) is 3.12. The highest BCUT2D eigenvalue weighted by atomic mass is 19.4. The molecule has 0 radical (unpaired) electrons. The van der Waals surface area contributed by atoms with E-state index in [9.17, 15) is 23.5 Å². The molecule has 0 atom stereocenters. The van der Waals surface area contributed by atoms with Crippen LogP contribution in [-0.4, -0.2) is 37.0 Å². The molecule has 3 N–H and O–H groups in total. The van der Waals surface area contributed by atoms with Crippen LogP contribution in [0.1, 0.15) is 32.3 Å². The van der Waals surface area contributed by atoms with Gasteiger partial charge in [0.1, 0.15) is 16.9 Å². The fraction of sp³-hybridized carbons (Fsp3) is 0.400. The van der Waals surface area contributed by atoms with Crippen LogP contribution in [0.3, 0.4) is 0 Å². The van der Waals surface area contributed by atoms with Gasteiger partial charge < -0.3 is 15.7 Å². The fourth-order valence-corrected chi connectivity index (χ4v) is 3.43. The van der Waals surface area contributed by atoms with E-state index >= 15 is 0 Å². The van der Waals surface area contributed by atoms with Gasteiger partial charge in [-0.25, -0.2) is 9.67 Å². The normalized spacial score (nSPS) is 19.0. The Morgan fingerprint density at radius 3 is 2.61 bits per heavy atom. The average molecular weight is 431 g/mol. The molecule has 0 aliphatic heterocycles. The molecule has 11 heteroatoms. The van der Waals surface area contributed by atoms with Crippen molar-refractivity contribution in [2.24, 2.45) is 0 Å². The van der Waals surface area contributed by atoms with Crippen molar-refractivity contribution in [3.05, 3.63) is 36.2 Å². The summed E-state index contributed by atoms with van der Waals surface area (Å²) in [6.45, 7) is 3.46. The number of rotatable bonds is 5. The number of anilines is 3. The second kappa shape index (κ2) is 7.39. The van der Waals surface area contributed by atoms with Crippen LogP contribution in [0.15, 0.2) is 30.6 Å². The van der Waals surface area contributed by atoms with Crippen molar-refractivity contribution in [3.63, 3.8) is 0 Å². The quantitative estimate of drug-likeness (QED) is 0.564. The van der Waals surface area contributed by atoms with Crippen LogP contribution in [0.2, 0.25) is 0 Å². The van der Waals surface area contributed by atoms with Crippen LogP contribution >= 0.6 is 0 Å². The lowest BCUT2D eigenvalue weighted by atomic mass is 9.89. The van der Waals surface area contributed by atoms with Crippen molar-refractivity contribution in [2.75, 3.05) is 10.6 Å². The first-order valence-corrected chi connectivity index (χ1v) is 9.63.